The van der Waals surface area contributed by atoms with Crippen LogP contribution in [0.4, 0.5) is 13.2 Å². The molecule has 1 aromatic heterocycles. The van der Waals surface area contributed by atoms with Crippen LogP contribution in [0.25, 0.3) is 0 Å². The summed E-state index contributed by atoms with van der Waals surface area (Å²) >= 11 is 6.44. The van der Waals surface area contributed by atoms with Gasteiger partial charge < -0.3 is 19.9 Å². The third kappa shape index (κ3) is 3.65. The molecule has 11 heteroatoms. The number of hydrogen-bond acceptors (Lipinski definition) is 4. The number of benzene rings is 1. The van der Waals surface area contributed by atoms with Gasteiger partial charge in [0.15, 0.2) is 11.4 Å². The first-order valence-electron chi connectivity index (χ1n) is 9.52. The number of fused-ring (bicyclic) bond motifs is 4. The lowest BCUT2D eigenvalue weighted by molar-refractivity contribution is 0.0678. The summed E-state index contributed by atoms with van der Waals surface area (Å²) in [5.41, 5.74) is -2.45. The highest BCUT2D eigenvalue weighted by Crippen LogP contribution is 2.34. The van der Waals surface area contributed by atoms with Crippen molar-refractivity contribution in [3.05, 3.63) is 62.8 Å². The van der Waals surface area contributed by atoms with Crippen molar-refractivity contribution < 1.29 is 27.9 Å². The van der Waals surface area contributed by atoms with Gasteiger partial charge in [-0.15, -0.1) is 11.6 Å². The number of carbonyl (C=O) groups is 2. The van der Waals surface area contributed by atoms with E-state index < -0.39 is 69.5 Å². The molecule has 2 N–H and O–H groups in total. The summed E-state index contributed by atoms with van der Waals surface area (Å²) in [6.45, 7) is 0.0333. The normalized spacial score (nSPS) is 20.3. The second-order valence-electron chi connectivity index (χ2n) is 7.48. The molecule has 3 heterocycles. The van der Waals surface area contributed by atoms with Gasteiger partial charge in [-0.05, 0) is 12.8 Å². The molecule has 1 saturated heterocycles. The molecule has 1 aromatic carbocycles. The van der Waals surface area contributed by atoms with Gasteiger partial charge in [-0.3, -0.25) is 14.4 Å². The van der Waals surface area contributed by atoms with Crippen LogP contribution in [0, 0.1) is 17.5 Å². The van der Waals surface area contributed by atoms with Crippen molar-refractivity contribution in [1.82, 2.24) is 14.8 Å². The molecule has 2 aliphatic heterocycles. The highest BCUT2D eigenvalue weighted by atomic mass is 35.5. The van der Waals surface area contributed by atoms with E-state index in [1.54, 1.807) is 0 Å². The topological polar surface area (TPSA) is 91.6 Å². The molecule has 4 rings (SSSR count). The minimum absolute atomic E-state index is 0.249. The summed E-state index contributed by atoms with van der Waals surface area (Å²) < 4.78 is 42.0. The third-order valence-corrected chi connectivity index (χ3v) is 6.08. The molecule has 164 valence electrons. The predicted molar refractivity (Wildman–Crippen MR) is 104 cm³/mol. The Kier molecular flexibility index (Phi) is 5.42. The Morgan fingerprint density at radius 3 is 2.58 bits per heavy atom. The van der Waals surface area contributed by atoms with Crippen molar-refractivity contribution in [2.75, 3.05) is 13.1 Å². The van der Waals surface area contributed by atoms with Gasteiger partial charge in [0.1, 0.15) is 23.0 Å². The molecular formula is C20H17ClF3N3O4. The fourth-order valence-corrected chi connectivity index (χ4v) is 4.31. The van der Waals surface area contributed by atoms with Crippen LogP contribution in [0.15, 0.2) is 23.1 Å². The largest absolute Gasteiger partial charge is 0.503 e. The van der Waals surface area contributed by atoms with E-state index in [1.165, 1.54) is 9.47 Å². The summed E-state index contributed by atoms with van der Waals surface area (Å²) in [6, 6.07) is 0.462. The zero-order chi connectivity index (χ0) is 22.4. The first kappa shape index (κ1) is 21.2. The minimum Gasteiger partial charge on any atom is -0.503 e. The highest BCUT2D eigenvalue weighted by molar-refractivity contribution is 6.21. The van der Waals surface area contributed by atoms with E-state index in [0.29, 0.717) is 31.5 Å². The fraction of sp³-hybridized carbons (Fsp3) is 0.350. The van der Waals surface area contributed by atoms with Gasteiger partial charge in [-0.25, -0.2) is 13.2 Å². The Balaban J connectivity index is 1.69. The first-order chi connectivity index (χ1) is 14.7. The van der Waals surface area contributed by atoms with Crippen molar-refractivity contribution in [2.24, 2.45) is 0 Å². The summed E-state index contributed by atoms with van der Waals surface area (Å²) in [5, 5.41) is 12.2. The Bertz CT molecular complexity index is 1130. The zero-order valence-corrected chi connectivity index (χ0v) is 16.8. The number of rotatable bonds is 3. The van der Waals surface area contributed by atoms with Crippen LogP contribution in [0.3, 0.4) is 0 Å². The summed E-state index contributed by atoms with van der Waals surface area (Å²) in [4.78, 5) is 39.4. The maximum atomic E-state index is 13.8. The van der Waals surface area contributed by atoms with Crippen LogP contribution < -0.4 is 10.7 Å². The number of aromatic nitrogens is 1. The number of alkyl halides is 1. The molecule has 0 spiro atoms. The van der Waals surface area contributed by atoms with Gasteiger partial charge in [0, 0.05) is 43.5 Å². The van der Waals surface area contributed by atoms with E-state index in [2.05, 4.69) is 5.32 Å². The molecule has 31 heavy (non-hydrogen) atoms. The van der Waals surface area contributed by atoms with E-state index in [1.807, 2.05) is 0 Å². The van der Waals surface area contributed by atoms with Gasteiger partial charge in [0.25, 0.3) is 11.8 Å². The van der Waals surface area contributed by atoms with Crippen LogP contribution in [0.1, 0.15) is 45.3 Å². The number of nitrogens with zero attached hydrogens (tertiary/aromatic N) is 2. The van der Waals surface area contributed by atoms with E-state index >= 15 is 0 Å². The van der Waals surface area contributed by atoms with Crippen molar-refractivity contribution in [3.8, 4) is 5.75 Å². The molecule has 2 atom stereocenters. The average Bonchev–Trinajstić information content (AvgIpc) is 2.87. The van der Waals surface area contributed by atoms with Crippen molar-refractivity contribution >= 4 is 23.4 Å². The van der Waals surface area contributed by atoms with Gasteiger partial charge in [0.05, 0.1) is 11.4 Å². The molecule has 2 amide bonds. The number of pyridine rings is 1. The van der Waals surface area contributed by atoms with E-state index in [0.717, 1.165) is 6.20 Å². The summed E-state index contributed by atoms with van der Waals surface area (Å²) in [5.74, 6) is -5.96. The number of halogens is 4. The number of carbonyl (C=O) groups excluding carboxylic acids is 2. The Hall–Kier alpha value is -3.01. The van der Waals surface area contributed by atoms with Crippen molar-refractivity contribution in [3.63, 3.8) is 0 Å². The smallest absolute Gasteiger partial charge is 0.274 e. The summed E-state index contributed by atoms with van der Waals surface area (Å²) in [6.07, 6.45) is 2.37. The van der Waals surface area contributed by atoms with Gasteiger partial charge in [0.2, 0.25) is 5.43 Å². The molecule has 0 aliphatic carbocycles. The Morgan fingerprint density at radius 2 is 1.90 bits per heavy atom. The fourth-order valence-electron chi connectivity index (χ4n) is 3.96. The SMILES string of the molecule is O=C(NCc1c(F)cc(F)cc1F)c1cn2c(c(O)c1=O)C(=O)N1CCC[C@@H](Cl)[C@H]2C1. The first-order valence-corrected chi connectivity index (χ1v) is 9.95. The lowest BCUT2D eigenvalue weighted by atomic mass is 10.0. The second kappa shape index (κ2) is 7.92. The Morgan fingerprint density at radius 1 is 1.23 bits per heavy atom. The van der Waals surface area contributed by atoms with Crippen LogP contribution in [0.5, 0.6) is 5.75 Å². The van der Waals surface area contributed by atoms with E-state index in [-0.39, 0.29) is 12.2 Å². The van der Waals surface area contributed by atoms with Gasteiger partial charge in [-0.2, -0.15) is 0 Å². The maximum Gasteiger partial charge on any atom is 0.274 e. The molecule has 2 bridgehead atoms. The molecule has 0 unspecified atom stereocenters. The number of nitrogens with one attached hydrogen (secondary N) is 1. The molecule has 1 fully saturated rings. The predicted octanol–water partition coefficient (Wildman–Crippen LogP) is 2.30. The van der Waals surface area contributed by atoms with Crippen LogP contribution in [-0.2, 0) is 6.54 Å². The standard InChI is InChI=1S/C20H17ClF3N3O4/c21-12-2-1-3-26-8-15(12)27-7-11(17(28)18(29)16(27)20(26)31)19(30)25-6-10-13(23)4-9(22)5-14(10)24/h4-5,7,12,15,29H,1-3,6,8H2,(H,25,30)/t12-,15-/m1/s1. The van der Waals surface area contributed by atoms with Gasteiger partial charge >= 0.3 is 0 Å². The molecule has 2 aromatic rings. The average molecular weight is 456 g/mol. The molecule has 0 radical (unpaired) electrons. The number of amides is 2. The molecule has 0 saturated carbocycles. The summed E-state index contributed by atoms with van der Waals surface area (Å²) in [7, 11) is 0. The van der Waals surface area contributed by atoms with E-state index in [4.69, 9.17) is 11.6 Å². The second-order valence-corrected chi connectivity index (χ2v) is 8.04. The molecular weight excluding hydrogens is 439 g/mol. The number of hydrogen-bond donors (Lipinski definition) is 2. The monoisotopic (exact) mass is 455 g/mol. The van der Waals surface area contributed by atoms with E-state index in [9.17, 15) is 32.7 Å². The minimum atomic E-state index is -1.20. The maximum absolute atomic E-state index is 13.8. The molecule has 2 aliphatic rings. The quantitative estimate of drug-likeness (QED) is 0.695. The van der Waals surface area contributed by atoms with Crippen LogP contribution >= 0.6 is 11.6 Å². The lowest BCUT2D eigenvalue weighted by Gasteiger charge is -2.35. The van der Waals surface area contributed by atoms with Crippen LogP contribution in [-0.4, -0.2) is 44.9 Å². The third-order valence-electron chi connectivity index (χ3n) is 5.57. The van der Waals surface area contributed by atoms with Crippen molar-refractivity contribution in [1.29, 1.82) is 0 Å². The zero-order valence-electron chi connectivity index (χ0n) is 16.0. The molecule has 7 nitrogen and oxygen atoms in total. The van der Waals surface area contributed by atoms with Crippen molar-refractivity contribution in [2.45, 2.75) is 30.8 Å². The lowest BCUT2D eigenvalue weighted by Crippen LogP contribution is -2.46. The number of aromatic hydroxyl groups is 1. The van der Waals surface area contributed by atoms with Gasteiger partial charge in [-0.1, -0.05) is 0 Å². The highest BCUT2D eigenvalue weighted by Gasteiger charge is 2.39. The van der Waals surface area contributed by atoms with Crippen LogP contribution in [0.2, 0.25) is 0 Å². The Labute approximate surface area is 179 Å².